The first-order chi connectivity index (χ1) is 12.8. The molecular weight excluding hydrogens is 326 g/mol. The second-order valence-corrected chi connectivity index (χ2v) is 6.07. The Morgan fingerprint density at radius 1 is 1.12 bits per heavy atom. The van der Waals surface area contributed by atoms with Crippen LogP contribution in [0.15, 0.2) is 67.0 Å². The zero-order valence-corrected chi connectivity index (χ0v) is 14.2. The van der Waals surface area contributed by atoms with Crippen molar-refractivity contribution < 1.29 is 4.79 Å². The number of nitrogens with one attached hydrogen (secondary N) is 2. The van der Waals surface area contributed by atoms with Gasteiger partial charge in [0.25, 0.3) is 5.91 Å². The number of pyridine rings is 1. The van der Waals surface area contributed by atoms with Gasteiger partial charge in [0, 0.05) is 36.4 Å². The Morgan fingerprint density at radius 2 is 2.00 bits per heavy atom. The molecule has 4 rings (SSSR count). The summed E-state index contributed by atoms with van der Waals surface area (Å²) in [5.74, 6) is -0.143. The van der Waals surface area contributed by atoms with Gasteiger partial charge in [-0.15, -0.1) is 0 Å². The number of hydrogen-bond donors (Lipinski definition) is 2. The normalized spacial score (nSPS) is 10.9. The summed E-state index contributed by atoms with van der Waals surface area (Å²) in [6.45, 7) is 1.39. The van der Waals surface area contributed by atoms with E-state index in [9.17, 15) is 4.79 Å². The van der Waals surface area contributed by atoms with E-state index in [4.69, 9.17) is 0 Å². The topological polar surface area (TPSA) is 75.6 Å². The maximum absolute atomic E-state index is 12.3. The van der Waals surface area contributed by atoms with Crippen molar-refractivity contribution in [1.29, 1.82) is 0 Å². The molecule has 0 saturated heterocycles. The first kappa shape index (κ1) is 16.1. The van der Waals surface area contributed by atoms with E-state index >= 15 is 0 Å². The van der Waals surface area contributed by atoms with Gasteiger partial charge in [-0.2, -0.15) is 5.10 Å². The van der Waals surface area contributed by atoms with Crippen LogP contribution in [0, 0.1) is 0 Å². The van der Waals surface area contributed by atoms with Gasteiger partial charge in [-0.1, -0.05) is 30.3 Å². The maximum Gasteiger partial charge on any atom is 0.269 e. The maximum atomic E-state index is 12.3. The molecule has 2 N–H and O–H groups in total. The highest BCUT2D eigenvalue weighted by molar-refractivity contribution is 5.93. The minimum atomic E-state index is -0.143. The van der Waals surface area contributed by atoms with Crippen molar-refractivity contribution >= 4 is 16.9 Å². The van der Waals surface area contributed by atoms with Crippen molar-refractivity contribution in [3.63, 3.8) is 0 Å². The van der Waals surface area contributed by atoms with E-state index in [1.165, 1.54) is 0 Å². The lowest BCUT2D eigenvalue weighted by Crippen LogP contribution is -2.25. The van der Waals surface area contributed by atoms with Gasteiger partial charge in [0.2, 0.25) is 0 Å². The molecule has 0 atom stereocenters. The highest BCUT2D eigenvalue weighted by Crippen LogP contribution is 2.17. The number of benzene rings is 1. The Morgan fingerprint density at radius 3 is 2.88 bits per heavy atom. The molecule has 0 saturated carbocycles. The first-order valence-electron chi connectivity index (χ1n) is 8.60. The van der Waals surface area contributed by atoms with E-state index in [0.717, 1.165) is 35.3 Å². The van der Waals surface area contributed by atoms with E-state index in [1.54, 1.807) is 12.3 Å². The van der Waals surface area contributed by atoms with Crippen molar-refractivity contribution in [2.24, 2.45) is 0 Å². The Labute approximate surface area is 150 Å². The quantitative estimate of drug-likeness (QED) is 0.527. The van der Waals surface area contributed by atoms with Crippen molar-refractivity contribution in [3.05, 3.63) is 72.7 Å². The molecule has 3 aromatic heterocycles. The molecule has 130 valence electrons. The molecular formula is C20H19N5O. The molecule has 6 nitrogen and oxygen atoms in total. The summed E-state index contributed by atoms with van der Waals surface area (Å²) in [5.41, 5.74) is 3.19. The molecule has 0 aliphatic heterocycles. The summed E-state index contributed by atoms with van der Waals surface area (Å²) in [6, 6.07) is 17.6. The molecule has 4 aromatic rings. The first-order valence-corrected chi connectivity index (χ1v) is 8.60. The number of fused-ring (bicyclic) bond motifs is 1. The molecule has 1 amide bonds. The van der Waals surface area contributed by atoms with Gasteiger partial charge < -0.3 is 9.88 Å². The minimum absolute atomic E-state index is 0.143. The standard InChI is InChI=1S/C20H19N5O/c26-20(18-14-17(23-24-18)15-6-2-1-3-7-15)22-11-5-12-25-13-9-16-8-4-10-21-19(16)25/h1-4,6-10,13-14H,5,11-12H2,(H,22,26)(H,23,24). The zero-order chi connectivity index (χ0) is 17.8. The molecule has 0 unspecified atom stereocenters. The number of H-pyrrole nitrogens is 1. The summed E-state index contributed by atoms with van der Waals surface area (Å²) < 4.78 is 2.10. The van der Waals surface area contributed by atoms with E-state index in [1.807, 2.05) is 48.7 Å². The predicted octanol–water partition coefficient (Wildman–Crippen LogP) is 3.25. The Hall–Kier alpha value is -3.41. The molecule has 0 bridgehead atoms. The lowest BCUT2D eigenvalue weighted by molar-refractivity contribution is 0.0948. The second-order valence-electron chi connectivity index (χ2n) is 6.07. The summed E-state index contributed by atoms with van der Waals surface area (Å²) in [6.07, 6.45) is 4.65. The highest BCUT2D eigenvalue weighted by atomic mass is 16.1. The minimum Gasteiger partial charge on any atom is -0.351 e. The van der Waals surface area contributed by atoms with Crippen molar-refractivity contribution in [3.8, 4) is 11.3 Å². The monoisotopic (exact) mass is 345 g/mol. The van der Waals surface area contributed by atoms with Gasteiger partial charge in [0.05, 0.1) is 5.69 Å². The third-order valence-corrected chi connectivity index (χ3v) is 4.28. The molecule has 0 spiro atoms. The fraction of sp³-hybridized carbons (Fsp3) is 0.150. The highest BCUT2D eigenvalue weighted by Gasteiger charge is 2.10. The van der Waals surface area contributed by atoms with Crippen LogP contribution in [0.5, 0.6) is 0 Å². The van der Waals surface area contributed by atoms with Crippen LogP contribution < -0.4 is 5.32 Å². The van der Waals surface area contributed by atoms with Gasteiger partial charge >= 0.3 is 0 Å². The van der Waals surface area contributed by atoms with Gasteiger partial charge in [-0.05, 0) is 30.7 Å². The summed E-state index contributed by atoms with van der Waals surface area (Å²) in [5, 5.41) is 11.1. The fourth-order valence-electron chi connectivity index (χ4n) is 2.94. The van der Waals surface area contributed by atoms with Crippen LogP contribution in [0.1, 0.15) is 16.9 Å². The Bertz CT molecular complexity index is 1020. The van der Waals surface area contributed by atoms with E-state index in [2.05, 4.69) is 31.1 Å². The number of rotatable bonds is 6. The summed E-state index contributed by atoms with van der Waals surface area (Å²) >= 11 is 0. The number of hydrogen-bond acceptors (Lipinski definition) is 3. The van der Waals surface area contributed by atoms with E-state index in [0.29, 0.717) is 12.2 Å². The molecule has 6 heteroatoms. The van der Waals surface area contributed by atoms with Gasteiger partial charge in [0.15, 0.2) is 0 Å². The predicted molar refractivity (Wildman–Crippen MR) is 101 cm³/mol. The van der Waals surface area contributed by atoms with E-state index < -0.39 is 0 Å². The average molecular weight is 345 g/mol. The number of nitrogens with zero attached hydrogens (tertiary/aromatic N) is 3. The van der Waals surface area contributed by atoms with Crippen LogP contribution in [0.2, 0.25) is 0 Å². The number of carbonyl (C=O) groups is 1. The number of aromatic nitrogens is 4. The number of aromatic amines is 1. The molecule has 0 radical (unpaired) electrons. The molecule has 26 heavy (non-hydrogen) atoms. The third kappa shape index (κ3) is 3.35. The molecule has 1 aromatic carbocycles. The van der Waals surface area contributed by atoms with E-state index in [-0.39, 0.29) is 5.91 Å². The second kappa shape index (κ2) is 7.23. The van der Waals surface area contributed by atoms with Crippen molar-refractivity contribution in [1.82, 2.24) is 25.1 Å². The zero-order valence-electron chi connectivity index (χ0n) is 14.2. The number of amides is 1. The van der Waals surface area contributed by atoms with Crippen molar-refractivity contribution in [2.45, 2.75) is 13.0 Å². The lowest BCUT2D eigenvalue weighted by Gasteiger charge is -2.06. The SMILES string of the molecule is O=C(NCCCn1ccc2cccnc21)c1cc(-c2ccccc2)n[nH]1. The van der Waals surface area contributed by atoms with Crippen molar-refractivity contribution in [2.75, 3.05) is 6.54 Å². The van der Waals surface area contributed by atoms with Crippen LogP contribution in [-0.4, -0.2) is 32.2 Å². The van der Waals surface area contributed by atoms with Crippen LogP contribution in [0.4, 0.5) is 0 Å². The fourth-order valence-corrected chi connectivity index (χ4v) is 2.94. The largest absolute Gasteiger partial charge is 0.351 e. The molecule has 0 aliphatic rings. The molecule has 3 heterocycles. The average Bonchev–Trinajstić information content (AvgIpc) is 3.33. The summed E-state index contributed by atoms with van der Waals surface area (Å²) in [4.78, 5) is 16.7. The van der Waals surface area contributed by atoms with Crippen LogP contribution >= 0.6 is 0 Å². The van der Waals surface area contributed by atoms with Crippen LogP contribution in [0.25, 0.3) is 22.3 Å². The Kier molecular flexibility index (Phi) is 4.47. The summed E-state index contributed by atoms with van der Waals surface area (Å²) in [7, 11) is 0. The number of carbonyl (C=O) groups excluding carboxylic acids is 1. The van der Waals surface area contributed by atoms with Gasteiger partial charge in [0.1, 0.15) is 11.3 Å². The lowest BCUT2D eigenvalue weighted by atomic mass is 10.1. The molecule has 0 aliphatic carbocycles. The number of aryl methyl sites for hydroxylation is 1. The van der Waals surface area contributed by atoms with Gasteiger partial charge in [-0.3, -0.25) is 9.89 Å². The smallest absolute Gasteiger partial charge is 0.269 e. The molecule has 0 fully saturated rings. The van der Waals surface area contributed by atoms with Gasteiger partial charge in [-0.25, -0.2) is 4.98 Å². The third-order valence-electron chi connectivity index (χ3n) is 4.28. The van der Waals surface area contributed by atoms with Crippen LogP contribution in [0.3, 0.4) is 0 Å². The van der Waals surface area contributed by atoms with Crippen LogP contribution in [-0.2, 0) is 6.54 Å². The Balaban J connectivity index is 1.31.